The van der Waals surface area contributed by atoms with Gasteiger partial charge in [0.1, 0.15) is 12.0 Å². The first-order valence-electron chi connectivity index (χ1n) is 9.42. The molecule has 1 aliphatic heterocycles. The number of oxazole rings is 1. The van der Waals surface area contributed by atoms with Crippen molar-refractivity contribution in [3.8, 4) is 11.6 Å². The summed E-state index contributed by atoms with van der Waals surface area (Å²) in [4.78, 5) is 28.2. The fourth-order valence-corrected chi connectivity index (χ4v) is 3.42. The molecule has 0 spiro atoms. The molecular formula is C21H22N4O3. The van der Waals surface area contributed by atoms with Gasteiger partial charge < -0.3 is 14.1 Å². The average Bonchev–Trinajstić information content (AvgIpc) is 3.14. The Morgan fingerprint density at radius 2 is 1.96 bits per heavy atom. The summed E-state index contributed by atoms with van der Waals surface area (Å²) >= 11 is 0. The molecule has 0 bridgehead atoms. The Hall–Kier alpha value is -3.22. The minimum atomic E-state index is -0.212. The number of aromatic nitrogens is 3. The highest BCUT2D eigenvalue weighted by Gasteiger charge is 2.32. The number of amides is 1. The summed E-state index contributed by atoms with van der Waals surface area (Å²) in [6.45, 7) is 4.27. The van der Waals surface area contributed by atoms with Gasteiger partial charge in [0.25, 0.3) is 5.91 Å². The van der Waals surface area contributed by atoms with E-state index in [-0.39, 0.29) is 11.9 Å². The number of carbonyl (C=O) groups is 1. The van der Waals surface area contributed by atoms with Crippen molar-refractivity contribution in [3.05, 3.63) is 65.8 Å². The standard InChI is InChI=1S/C21H22N4O3/c1-14-12-19(28-16-8-4-3-5-9-16)24-20(22-14)18-10-6-7-11-25(18)21(26)17-13-27-15(2)23-17/h3-5,8-9,12-13,18H,6-7,10-11H2,1-2H3/t18-/m1/s1. The van der Waals surface area contributed by atoms with Crippen LogP contribution in [-0.2, 0) is 0 Å². The van der Waals surface area contributed by atoms with Gasteiger partial charge in [0.15, 0.2) is 17.4 Å². The number of carbonyl (C=O) groups excluding carboxylic acids is 1. The largest absolute Gasteiger partial charge is 0.448 e. The molecule has 7 heteroatoms. The van der Waals surface area contributed by atoms with E-state index in [0.717, 1.165) is 25.0 Å². The van der Waals surface area contributed by atoms with Crippen LogP contribution in [0.3, 0.4) is 0 Å². The van der Waals surface area contributed by atoms with Gasteiger partial charge in [-0.25, -0.2) is 9.97 Å². The third-order valence-corrected chi connectivity index (χ3v) is 4.71. The van der Waals surface area contributed by atoms with Crippen molar-refractivity contribution in [3.63, 3.8) is 0 Å². The van der Waals surface area contributed by atoms with Crippen molar-refractivity contribution in [1.82, 2.24) is 19.9 Å². The molecule has 1 fully saturated rings. The molecule has 4 rings (SSSR count). The zero-order valence-corrected chi connectivity index (χ0v) is 16.0. The maximum Gasteiger partial charge on any atom is 0.276 e. The zero-order valence-electron chi connectivity index (χ0n) is 16.0. The minimum absolute atomic E-state index is 0.155. The lowest BCUT2D eigenvalue weighted by Gasteiger charge is -2.34. The number of likely N-dealkylation sites (tertiary alicyclic amines) is 1. The Kier molecular flexibility index (Phi) is 5.06. The Bertz CT molecular complexity index is 971. The lowest BCUT2D eigenvalue weighted by molar-refractivity contribution is 0.0592. The number of hydrogen-bond acceptors (Lipinski definition) is 6. The van der Waals surface area contributed by atoms with Gasteiger partial charge in [-0.3, -0.25) is 4.79 Å². The van der Waals surface area contributed by atoms with Crippen LogP contribution < -0.4 is 4.74 Å². The predicted octanol–water partition coefficient (Wildman–Crippen LogP) is 4.24. The Balaban J connectivity index is 1.63. The van der Waals surface area contributed by atoms with Crippen LogP contribution in [0.5, 0.6) is 11.6 Å². The third-order valence-electron chi connectivity index (χ3n) is 4.71. The first-order chi connectivity index (χ1) is 13.6. The molecule has 0 unspecified atom stereocenters. The second-order valence-corrected chi connectivity index (χ2v) is 6.88. The Labute approximate surface area is 163 Å². The van der Waals surface area contributed by atoms with Crippen LogP contribution in [0.4, 0.5) is 0 Å². The van der Waals surface area contributed by atoms with E-state index < -0.39 is 0 Å². The van der Waals surface area contributed by atoms with E-state index in [1.807, 2.05) is 37.3 Å². The monoisotopic (exact) mass is 378 g/mol. The van der Waals surface area contributed by atoms with Gasteiger partial charge in [-0.1, -0.05) is 18.2 Å². The van der Waals surface area contributed by atoms with Gasteiger partial charge in [-0.2, -0.15) is 4.98 Å². The predicted molar refractivity (Wildman–Crippen MR) is 102 cm³/mol. The minimum Gasteiger partial charge on any atom is -0.448 e. The molecule has 3 aromatic rings. The molecule has 2 aromatic heterocycles. The van der Waals surface area contributed by atoms with Crippen molar-refractivity contribution in [2.75, 3.05) is 6.54 Å². The van der Waals surface area contributed by atoms with Crippen LogP contribution in [0.25, 0.3) is 0 Å². The van der Waals surface area contributed by atoms with Crippen molar-refractivity contribution in [1.29, 1.82) is 0 Å². The highest BCUT2D eigenvalue weighted by atomic mass is 16.5. The maximum atomic E-state index is 13.0. The smallest absolute Gasteiger partial charge is 0.276 e. The van der Waals surface area contributed by atoms with E-state index in [0.29, 0.717) is 35.6 Å². The molecule has 3 heterocycles. The Morgan fingerprint density at radius 3 is 2.71 bits per heavy atom. The highest BCUT2D eigenvalue weighted by Crippen LogP contribution is 2.32. The summed E-state index contributed by atoms with van der Waals surface area (Å²) in [5, 5.41) is 0. The quantitative estimate of drug-likeness (QED) is 0.675. The number of hydrogen-bond donors (Lipinski definition) is 0. The highest BCUT2D eigenvalue weighted by molar-refractivity contribution is 5.92. The van der Waals surface area contributed by atoms with Crippen LogP contribution in [0.2, 0.25) is 0 Å². The molecule has 28 heavy (non-hydrogen) atoms. The number of ether oxygens (including phenoxy) is 1. The van der Waals surface area contributed by atoms with Gasteiger partial charge in [0, 0.05) is 25.2 Å². The van der Waals surface area contributed by atoms with E-state index in [1.165, 1.54) is 6.26 Å². The molecule has 0 radical (unpaired) electrons. The number of rotatable bonds is 4. The number of nitrogens with zero attached hydrogens (tertiary/aromatic N) is 4. The number of para-hydroxylation sites is 1. The number of benzene rings is 1. The van der Waals surface area contributed by atoms with Crippen LogP contribution in [0, 0.1) is 13.8 Å². The molecule has 1 atom stereocenters. The van der Waals surface area contributed by atoms with E-state index >= 15 is 0 Å². The van der Waals surface area contributed by atoms with Gasteiger partial charge in [-0.05, 0) is 38.3 Å². The zero-order chi connectivity index (χ0) is 19.5. The fraction of sp³-hybridized carbons (Fsp3) is 0.333. The SMILES string of the molecule is Cc1cc(Oc2ccccc2)nc([C@H]2CCCCN2C(=O)c2coc(C)n2)n1. The summed E-state index contributed by atoms with van der Waals surface area (Å²) in [6, 6.07) is 11.1. The van der Waals surface area contributed by atoms with Gasteiger partial charge in [0.2, 0.25) is 5.88 Å². The van der Waals surface area contributed by atoms with Gasteiger partial charge in [-0.15, -0.1) is 0 Å². The van der Waals surface area contributed by atoms with Gasteiger partial charge >= 0.3 is 0 Å². The molecule has 1 saturated heterocycles. The second-order valence-electron chi connectivity index (χ2n) is 6.88. The Morgan fingerprint density at radius 1 is 1.14 bits per heavy atom. The molecule has 1 aromatic carbocycles. The summed E-state index contributed by atoms with van der Waals surface area (Å²) < 4.78 is 11.1. The van der Waals surface area contributed by atoms with Crippen molar-refractivity contribution in [2.45, 2.75) is 39.2 Å². The maximum absolute atomic E-state index is 13.0. The molecule has 0 N–H and O–H groups in total. The lowest BCUT2D eigenvalue weighted by Crippen LogP contribution is -2.39. The lowest BCUT2D eigenvalue weighted by atomic mass is 10.0. The van der Waals surface area contributed by atoms with Crippen molar-refractivity contribution >= 4 is 5.91 Å². The summed E-state index contributed by atoms with van der Waals surface area (Å²) in [5.41, 5.74) is 1.11. The normalized spacial score (nSPS) is 16.8. The first kappa shape index (κ1) is 18.2. The van der Waals surface area contributed by atoms with E-state index in [1.54, 1.807) is 17.9 Å². The molecule has 7 nitrogen and oxygen atoms in total. The summed E-state index contributed by atoms with van der Waals surface area (Å²) in [6.07, 6.45) is 4.16. The summed E-state index contributed by atoms with van der Waals surface area (Å²) in [7, 11) is 0. The first-order valence-corrected chi connectivity index (χ1v) is 9.42. The van der Waals surface area contributed by atoms with Crippen LogP contribution in [0.15, 0.2) is 47.1 Å². The molecule has 1 aliphatic rings. The van der Waals surface area contributed by atoms with Crippen LogP contribution in [-0.4, -0.2) is 32.3 Å². The van der Waals surface area contributed by atoms with Crippen molar-refractivity contribution in [2.24, 2.45) is 0 Å². The number of aryl methyl sites for hydroxylation is 2. The van der Waals surface area contributed by atoms with Crippen LogP contribution >= 0.6 is 0 Å². The van der Waals surface area contributed by atoms with Crippen molar-refractivity contribution < 1.29 is 13.9 Å². The molecule has 0 saturated carbocycles. The van der Waals surface area contributed by atoms with E-state index in [2.05, 4.69) is 15.0 Å². The van der Waals surface area contributed by atoms with Crippen LogP contribution in [0.1, 0.15) is 53.2 Å². The third kappa shape index (κ3) is 3.88. The fourth-order valence-electron chi connectivity index (χ4n) is 3.42. The van der Waals surface area contributed by atoms with E-state index in [4.69, 9.17) is 9.15 Å². The molecular weight excluding hydrogens is 356 g/mol. The topological polar surface area (TPSA) is 81.4 Å². The summed E-state index contributed by atoms with van der Waals surface area (Å²) in [5.74, 6) is 2.10. The number of piperidine rings is 1. The molecule has 0 aliphatic carbocycles. The molecule has 1 amide bonds. The molecule has 144 valence electrons. The van der Waals surface area contributed by atoms with E-state index in [9.17, 15) is 4.79 Å². The van der Waals surface area contributed by atoms with Gasteiger partial charge in [0.05, 0.1) is 6.04 Å². The average molecular weight is 378 g/mol. The second kappa shape index (κ2) is 7.80.